The molecule has 0 aromatic rings. The molecule has 0 saturated carbocycles. The summed E-state index contributed by atoms with van der Waals surface area (Å²) >= 11 is 0. The third-order valence-corrected chi connectivity index (χ3v) is 3.48. The predicted molar refractivity (Wildman–Crippen MR) is 66.3 cm³/mol. The molecule has 3 unspecified atom stereocenters. The number of carbonyl (C=O) groups excluding carboxylic acids is 1. The van der Waals surface area contributed by atoms with Crippen LogP contribution >= 0.6 is 0 Å². The van der Waals surface area contributed by atoms with E-state index in [4.69, 9.17) is 0 Å². The van der Waals surface area contributed by atoms with Crippen molar-refractivity contribution in [3.8, 4) is 0 Å². The lowest BCUT2D eigenvalue weighted by atomic mass is 10.1. The van der Waals surface area contributed by atoms with Gasteiger partial charge < -0.3 is 15.1 Å². The number of hydrogen-bond donors (Lipinski definition) is 1. The molecule has 0 bridgehead atoms. The van der Waals surface area contributed by atoms with Crippen molar-refractivity contribution < 1.29 is 4.79 Å². The van der Waals surface area contributed by atoms with E-state index in [1.165, 1.54) is 0 Å². The second-order valence-corrected chi connectivity index (χ2v) is 5.21. The number of likely N-dealkylation sites (N-methyl/N-ethyl adjacent to an activating group) is 1. The Morgan fingerprint density at radius 3 is 2.56 bits per heavy atom. The highest BCUT2D eigenvalue weighted by molar-refractivity contribution is 5.79. The number of rotatable bonds is 4. The lowest BCUT2D eigenvalue weighted by Gasteiger charge is -2.23. The molecule has 0 radical (unpaired) electrons. The van der Waals surface area contributed by atoms with Crippen LogP contribution in [0.25, 0.3) is 0 Å². The van der Waals surface area contributed by atoms with Crippen molar-refractivity contribution in [1.29, 1.82) is 0 Å². The van der Waals surface area contributed by atoms with Crippen LogP contribution in [0.15, 0.2) is 0 Å². The summed E-state index contributed by atoms with van der Waals surface area (Å²) in [6, 6.07) is 0.505. The van der Waals surface area contributed by atoms with E-state index in [2.05, 4.69) is 31.2 Å². The van der Waals surface area contributed by atoms with Crippen LogP contribution in [0, 0.1) is 11.8 Å². The molecule has 1 aliphatic rings. The fourth-order valence-electron chi connectivity index (χ4n) is 2.51. The van der Waals surface area contributed by atoms with Crippen LogP contribution in [0.3, 0.4) is 0 Å². The summed E-state index contributed by atoms with van der Waals surface area (Å²) in [4.78, 5) is 16.4. The number of nitrogens with one attached hydrogen (secondary N) is 1. The van der Waals surface area contributed by atoms with Gasteiger partial charge in [-0.2, -0.15) is 0 Å². The highest BCUT2D eigenvalue weighted by Gasteiger charge is 2.34. The highest BCUT2D eigenvalue weighted by Crippen LogP contribution is 2.21. The molecule has 94 valence electrons. The Balaban J connectivity index is 2.54. The molecule has 1 saturated heterocycles. The minimum Gasteiger partial charge on any atom is -0.341 e. The van der Waals surface area contributed by atoms with Crippen molar-refractivity contribution >= 4 is 5.91 Å². The Bertz CT molecular complexity index is 242. The average molecular weight is 227 g/mol. The first-order chi connectivity index (χ1) is 7.47. The van der Waals surface area contributed by atoms with Crippen molar-refractivity contribution in [3.63, 3.8) is 0 Å². The third-order valence-electron chi connectivity index (χ3n) is 3.48. The molecule has 0 aromatic heterocycles. The van der Waals surface area contributed by atoms with Crippen LogP contribution in [-0.4, -0.2) is 62.5 Å². The molecule has 1 amide bonds. The zero-order chi connectivity index (χ0) is 12.3. The average Bonchev–Trinajstić information content (AvgIpc) is 2.59. The SMILES string of the molecule is CNCC(C)C(=O)N1CC(C)C(N(C)C)C1. The summed E-state index contributed by atoms with van der Waals surface area (Å²) in [5.74, 6) is 0.935. The number of carbonyl (C=O) groups is 1. The maximum Gasteiger partial charge on any atom is 0.226 e. The van der Waals surface area contributed by atoms with Crippen LogP contribution in [0.5, 0.6) is 0 Å². The molecule has 4 nitrogen and oxygen atoms in total. The zero-order valence-corrected chi connectivity index (χ0v) is 11.2. The van der Waals surface area contributed by atoms with Crippen molar-refractivity contribution in [2.45, 2.75) is 19.9 Å². The van der Waals surface area contributed by atoms with Gasteiger partial charge in [-0.1, -0.05) is 13.8 Å². The predicted octanol–water partition coefficient (Wildman–Crippen LogP) is 0.250. The first-order valence-corrected chi connectivity index (χ1v) is 6.07. The van der Waals surface area contributed by atoms with Gasteiger partial charge in [-0.25, -0.2) is 0 Å². The summed E-state index contributed by atoms with van der Waals surface area (Å²) in [6.07, 6.45) is 0. The van der Waals surface area contributed by atoms with Crippen molar-refractivity contribution in [2.24, 2.45) is 11.8 Å². The molecule has 0 aromatic carbocycles. The molecular formula is C12H25N3O. The van der Waals surface area contributed by atoms with E-state index in [1.54, 1.807) is 0 Å². The topological polar surface area (TPSA) is 35.6 Å². The van der Waals surface area contributed by atoms with Gasteiger partial charge >= 0.3 is 0 Å². The van der Waals surface area contributed by atoms with Crippen LogP contribution < -0.4 is 5.32 Å². The summed E-state index contributed by atoms with van der Waals surface area (Å²) in [7, 11) is 6.07. The van der Waals surface area contributed by atoms with E-state index < -0.39 is 0 Å². The van der Waals surface area contributed by atoms with Gasteiger partial charge in [-0.05, 0) is 27.1 Å². The van der Waals surface area contributed by atoms with Crippen LogP contribution in [0.1, 0.15) is 13.8 Å². The maximum atomic E-state index is 12.1. The van der Waals surface area contributed by atoms with Crippen molar-refractivity contribution in [1.82, 2.24) is 15.1 Å². The number of amides is 1. The zero-order valence-electron chi connectivity index (χ0n) is 11.2. The summed E-state index contributed by atoms with van der Waals surface area (Å²) < 4.78 is 0. The molecule has 3 atom stereocenters. The first-order valence-electron chi connectivity index (χ1n) is 6.07. The van der Waals surface area contributed by atoms with Crippen LogP contribution in [0.2, 0.25) is 0 Å². The van der Waals surface area contributed by atoms with Gasteiger partial charge in [0.25, 0.3) is 0 Å². The molecule has 1 fully saturated rings. The Labute approximate surface area is 99.0 Å². The monoisotopic (exact) mass is 227 g/mol. The molecule has 1 aliphatic heterocycles. The Hall–Kier alpha value is -0.610. The van der Waals surface area contributed by atoms with Crippen LogP contribution in [-0.2, 0) is 4.79 Å². The van der Waals surface area contributed by atoms with Gasteiger partial charge in [0.1, 0.15) is 0 Å². The molecule has 0 spiro atoms. The highest BCUT2D eigenvalue weighted by atomic mass is 16.2. The van der Waals surface area contributed by atoms with Crippen molar-refractivity contribution in [2.75, 3.05) is 40.8 Å². The summed E-state index contributed by atoms with van der Waals surface area (Å²) in [6.45, 7) is 6.75. The van der Waals surface area contributed by atoms with E-state index in [9.17, 15) is 4.79 Å². The van der Waals surface area contributed by atoms with Crippen LogP contribution in [0.4, 0.5) is 0 Å². The van der Waals surface area contributed by atoms with Gasteiger partial charge in [0, 0.05) is 31.6 Å². The first kappa shape index (κ1) is 13.5. The van der Waals surface area contributed by atoms with E-state index in [0.29, 0.717) is 12.0 Å². The quantitative estimate of drug-likeness (QED) is 0.748. The van der Waals surface area contributed by atoms with E-state index in [-0.39, 0.29) is 11.8 Å². The van der Waals surface area contributed by atoms with Gasteiger partial charge in [0.15, 0.2) is 0 Å². The van der Waals surface area contributed by atoms with Gasteiger partial charge in [0.05, 0.1) is 0 Å². The third kappa shape index (κ3) is 2.95. The lowest BCUT2D eigenvalue weighted by Crippen LogP contribution is -2.39. The van der Waals surface area contributed by atoms with Gasteiger partial charge in [0.2, 0.25) is 5.91 Å². The molecular weight excluding hydrogens is 202 g/mol. The van der Waals surface area contributed by atoms with E-state index in [1.807, 2.05) is 18.9 Å². The molecule has 1 N–H and O–H groups in total. The molecule has 0 aliphatic carbocycles. The number of likely N-dealkylation sites (tertiary alicyclic amines) is 1. The normalized spacial score (nSPS) is 27.5. The molecule has 4 heteroatoms. The second-order valence-electron chi connectivity index (χ2n) is 5.21. The van der Waals surface area contributed by atoms with Crippen molar-refractivity contribution in [3.05, 3.63) is 0 Å². The number of hydrogen-bond acceptors (Lipinski definition) is 3. The largest absolute Gasteiger partial charge is 0.341 e. The Kier molecular flexibility index (Phi) is 4.74. The summed E-state index contributed by atoms with van der Waals surface area (Å²) in [5, 5.41) is 3.06. The smallest absolute Gasteiger partial charge is 0.226 e. The standard InChI is InChI=1S/C12H25N3O/c1-9(6-13-3)12(16)15-7-10(2)11(8-15)14(4)5/h9-11,13H,6-8H2,1-5H3. The second kappa shape index (κ2) is 5.64. The molecule has 16 heavy (non-hydrogen) atoms. The molecule has 1 heterocycles. The lowest BCUT2D eigenvalue weighted by molar-refractivity contribution is -0.134. The fraction of sp³-hybridized carbons (Fsp3) is 0.917. The summed E-state index contributed by atoms with van der Waals surface area (Å²) in [5.41, 5.74) is 0. The maximum absolute atomic E-state index is 12.1. The fourth-order valence-corrected chi connectivity index (χ4v) is 2.51. The minimum atomic E-state index is 0.0816. The molecule has 1 rings (SSSR count). The Morgan fingerprint density at radius 1 is 1.50 bits per heavy atom. The minimum absolute atomic E-state index is 0.0816. The van der Waals surface area contributed by atoms with E-state index >= 15 is 0 Å². The van der Waals surface area contributed by atoms with Gasteiger partial charge in [-0.15, -0.1) is 0 Å². The van der Waals surface area contributed by atoms with E-state index in [0.717, 1.165) is 19.6 Å². The Morgan fingerprint density at radius 2 is 2.12 bits per heavy atom. The van der Waals surface area contributed by atoms with Gasteiger partial charge in [-0.3, -0.25) is 4.79 Å². The number of nitrogens with zero attached hydrogens (tertiary/aromatic N) is 2.